The van der Waals surface area contributed by atoms with Crippen molar-refractivity contribution < 1.29 is 90.7 Å². The van der Waals surface area contributed by atoms with Crippen LogP contribution in [0.1, 0.15) is 4.28 Å². The molecule has 7 heavy (non-hydrogen) atoms. The standard InChI is InChI=1S/BH3O3.Ce.Na.Sr.3H/c2-1(3)4;;;;;;/h2-4H;;;;;;/q;;+1;+2;3*-1. The SMILES string of the molecule is OB(O)O.[Ce].[H-].[H-].[H-].[Na+].[Sr+2]. The van der Waals surface area contributed by atoms with Crippen molar-refractivity contribution in [2.45, 2.75) is 0 Å². The van der Waals surface area contributed by atoms with E-state index in [1.54, 1.807) is 0 Å². The van der Waals surface area contributed by atoms with Gasteiger partial charge in [0.25, 0.3) is 0 Å². The first-order valence-electron chi connectivity index (χ1n) is 0.775. The van der Waals surface area contributed by atoms with E-state index < -0.39 is 7.32 Å². The van der Waals surface area contributed by atoms with Crippen molar-refractivity contribution in [2.75, 3.05) is 0 Å². The minimum atomic E-state index is -2.17. The van der Waals surface area contributed by atoms with Crippen molar-refractivity contribution in [2.24, 2.45) is 0 Å². The molecule has 0 radical (unpaired) electrons. The summed E-state index contributed by atoms with van der Waals surface area (Å²) in [5.41, 5.74) is 0. The van der Waals surface area contributed by atoms with E-state index in [1.807, 2.05) is 0 Å². The summed E-state index contributed by atoms with van der Waals surface area (Å²) in [7, 11) is -2.17. The maximum atomic E-state index is 7.17. The van der Waals surface area contributed by atoms with Gasteiger partial charge in [0, 0.05) is 41.7 Å². The smallest absolute Gasteiger partial charge is 1.00 e. The molecule has 0 fully saturated rings. The van der Waals surface area contributed by atoms with Gasteiger partial charge in [-0.05, 0) is 0 Å². The zero-order chi connectivity index (χ0) is 3.58. The second-order valence-corrected chi connectivity index (χ2v) is 0.346. The molecule has 7 heteroatoms. The van der Waals surface area contributed by atoms with E-state index in [2.05, 4.69) is 0 Å². The van der Waals surface area contributed by atoms with E-state index in [-0.39, 0.29) is 121 Å². The maximum Gasteiger partial charge on any atom is 2.00 e. The van der Waals surface area contributed by atoms with Gasteiger partial charge in [-0.3, -0.25) is 0 Å². The largest absolute Gasteiger partial charge is 2.00 e. The molecule has 0 aliphatic heterocycles. The summed E-state index contributed by atoms with van der Waals surface area (Å²) in [6.07, 6.45) is 0. The molecule has 3 nitrogen and oxygen atoms in total. The number of rotatable bonds is 0. The Balaban J connectivity index is -0.00000000300. The van der Waals surface area contributed by atoms with Crippen LogP contribution in [0.2, 0.25) is 0 Å². The molecule has 3 N–H and O–H groups in total. The minimum absolute atomic E-state index is 0. The van der Waals surface area contributed by atoms with Gasteiger partial charge in [-0.2, -0.15) is 0 Å². The Morgan fingerprint density at radius 2 is 1.14 bits per heavy atom. The molecule has 0 saturated heterocycles. The second kappa shape index (κ2) is 16.4. The fourth-order valence-corrected chi connectivity index (χ4v) is 0. The van der Waals surface area contributed by atoms with Gasteiger partial charge in [-0.15, -0.1) is 0 Å². The minimum Gasteiger partial charge on any atom is -1.00 e. The molecule has 0 unspecified atom stereocenters. The first kappa shape index (κ1) is 22.4. The Labute approximate surface area is 140 Å². The normalized spacial score (nSPS) is 3.86. The van der Waals surface area contributed by atoms with Crippen LogP contribution in [0.25, 0.3) is 0 Å². The van der Waals surface area contributed by atoms with Crippen molar-refractivity contribution in [3.05, 3.63) is 0 Å². The molecule has 0 aromatic heterocycles. The molecular weight excluding hydrogens is 310 g/mol. The summed E-state index contributed by atoms with van der Waals surface area (Å²) >= 11 is 0. The molecule has 0 aromatic rings. The molecule has 0 bridgehead atoms. The first-order valence-corrected chi connectivity index (χ1v) is 0.775. The summed E-state index contributed by atoms with van der Waals surface area (Å²) in [4.78, 5) is 0. The van der Waals surface area contributed by atoms with Gasteiger partial charge in [-0.25, -0.2) is 0 Å². The van der Waals surface area contributed by atoms with Crippen LogP contribution in [0, 0.1) is 41.7 Å². The molecule has 0 spiro atoms. The van der Waals surface area contributed by atoms with Crippen LogP contribution in [0.5, 0.6) is 0 Å². The average molecular weight is 316 g/mol. The fourth-order valence-electron chi connectivity index (χ4n) is 0. The van der Waals surface area contributed by atoms with Crippen LogP contribution >= 0.6 is 0 Å². The van der Waals surface area contributed by atoms with Crippen molar-refractivity contribution in [3.63, 3.8) is 0 Å². The van der Waals surface area contributed by atoms with Crippen molar-refractivity contribution in [3.8, 4) is 0 Å². The molecular formula is H6BCeNaO3Sr. The molecule has 0 aliphatic carbocycles. The third-order valence-corrected chi connectivity index (χ3v) is 0. The van der Waals surface area contributed by atoms with E-state index in [1.165, 1.54) is 0 Å². The molecule has 0 aromatic carbocycles. The van der Waals surface area contributed by atoms with Crippen LogP contribution in [-0.2, 0) is 0 Å². The Bertz CT molecular complexity index is 28.5. The Morgan fingerprint density at radius 1 is 1.14 bits per heavy atom. The zero-order valence-electron chi connectivity index (χ0n) is 7.13. The van der Waals surface area contributed by atoms with Crippen LogP contribution in [0.4, 0.5) is 0 Å². The predicted molar refractivity (Wildman–Crippen MR) is 21.5 cm³/mol. The van der Waals surface area contributed by atoms with E-state index in [0.29, 0.717) is 0 Å². The second-order valence-electron chi connectivity index (χ2n) is 0.346. The monoisotopic (exact) mass is 316 g/mol. The van der Waals surface area contributed by atoms with E-state index >= 15 is 0 Å². The average Bonchev–Trinajstić information content (AvgIpc) is 0.811. The summed E-state index contributed by atoms with van der Waals surface area (Å²) < 4.78 is 0. The van der Waals surface area contributed by atoms with E-state index in [0.717, 1.165) is 0 Å². The molecule has 0 amide bonds. The quantitative estimate of drug-likeness (QED) is 0.392. The van der Waals surface area contributed by atoms with Crippen molar-refractivity contribution >= 4 is 52.8 Å². The van der Waals surface area contributed by atoms with E-state index in [9.17, 15) is 0 Å². The van der Waals surface area contributed by atoms with Crippen LogP contribution in [0.3, 0.4) is 0 Å². The van der Waals surface area contributed by atoms with Gasteiger partial charge in [0.05, 0.1) is 0 Å². The van der Waals surface area contributed by atoms with Gasteiger partial charge in [-0.1, -0.05) is 0 Å². The summed E-state index contributed by atoms with van der Waals surface area (Å²) in [5.74, 6) is 0. The summed E-state index contributed by atoms with van der Waals surface area (Å²) in [6.45, 7) is 0. The molecule has 0 atom stereocenters. The topological polar surface area (TPSA) is 60.7 Å². The third kappa shape index (κ3) is 41.3. The number of hydrogen-bond donors (Lipinski definition) is 3. The van der Waals surface area contributed by atoms with Crippen LogP contribution in [-0.4, -0.2) is 67.9 Å². The molecule has 0 heterocycles. The van der Waals surface area contributed by atoms with Gasteiger partial charge in [0.15, 0.2) is 0 Å². The maximum absolute atomic E-state index is 7.17. The van der Waals surface area contributed by atoms with Gasteiger partial charge >= 0.3 is 82.4 Å². The summed E-state index contributed by atoms with van der Waals surface area (Å²) in [5, 5.41) is 21.5. The van der Waals surface area contributed by atoms with Crippen LogP contribution in [0.15, 0.2) is 0 Å². The molecule has 34 valence electrons. The molecule has 0 saturated carbocycles. The van der Waals surface area contributed by atoms with Gasteiger partial charge < -0.3 is 19.4 Å². The van der Waals surface area contributed by atoms with Crippen molar-refractivity contribution in [1.82, 2.24) is 0 Å². The van der Waals surface area contributed by atoms with Crippen molar-refractivity contribution in [1.29, 1.82) is 0 Å². The van der Waals surface area contributed by atoms with Crippen LogP contribution < -0.4 is 29.6 Å². The fraction of sp³-hybridized carbons (Fsp3) is 0. The van der Waals surface area contributed by atoms with E-state index in [4.69, 9.17) is 15.1 Å². The van der Waals surface area contributed by atoms with Gasteiger partial charge in [0.1, 0.15) is 0 Å². The predicted octanol–water partition coefficient (Wildman–Crippen LogP) is -5.09. The van der Waals surface area contributed by atoms with Gasteiger partial charge in [0.2, 0.25) is 0 Å². The summed E-state index contributed by atoms with van der Waals surface area (Å²) in [6, 6.07) is 0. The third-order valence-electron chi connectivity index (χ3n) is 0. The molecule has 0 aliphatic rings. The Kier molecular flexibility index (Phi) is 52.6. The Morgan fingerprint density at radius 3 is 1.14 bits per heavy atom. The molecule has 0 rings (SSSR count). The zero-order valence-corrected chi connectivity index (χ0v) is 12.7. The number of hydrogen-bond acceptors (Lipinski definition) is 3. The first-order chi connectivity index (χ1) is 1.73. The Hall–Kier alpha value is 3.80.